The van der Waals surface area contributed by atoms with Crippen molar-refractivity contribution >= 4 is 7.85 Å². The highest BCUT2D eigenvalue weighted by Gasteiger charge is 2.25. The molecule has 2 unspecified atom stereocenters. The van der Waals surface area contributed by atoms with Gasteiger partial charge in [0.15, 0.2) is 0 Å². The second kappa shape index (κ2) is 6.63. The summed E-state index contributed by atoms with van der Waals surface area (Å²) in [5, 5.41) is 10.6. The Hall–Kier alpha value is -0.235. The van der Waals surface area contributed by atoms with Crippen LogP contribution in [0.5, 0.6) is 0 Å². The highest BCUT2D eigenvalue weighted by Crippen LogP contribution is 2.41. The molecular weight excluding hydrogens is 207 g/mol. The maximum Gasteiger partial charge on any atom is 0.114 e. The second-order valence-electron chi connectivity index (χ2n) is 6.25. The fraction of sp³-hybridized carbons (Fsp3) is 0.867. The summed E-state index contributed by atoms with van der Waals surface area (Å²) >= 11 is 0. The van der Waals surface area contributed by atoms with Crippen LogP contribution in [0.25, 0.3) is 0 Å². The molecule has 2 heteroatoms. The zero-order valence-corrected chi connectivity index (χ0v) is 12.2. The van der Waals surface area contributed by atoms with Crippen molar-refractivity contribution < 1.29 is 5.11 Å². The summed E-state index contributed by atoms with van der Waals surface area (Å²) in [6, 6.07) is 0. The molecule has 0 saturated carbocycles. The van der Waals surface area contributed by atoms with Crippen LogP contribution in [0.1, 0.15) is 72.1 Å². The van der Waals surface area contributed by atoms with Crippen molar-refractivity contribution in [3.8, 4) is 0 Å². The minimum atomic E-state index is -0.197. The maximum atomic E-state index is 10.3. The molecular formula is C15H29BO. The first-order valence-corrected chi connectivity index (χ1v) is 7.37. The summed E-state index contributed by atoms with van der Waals surface area (Å²) in [6.45, 7) is 6.74. The molecule has 0 heterocycles. The highest BCUT2D eigenvalue weighted by atomic mass is 16.3. The molecule has 0 saturated heterocycles. The van der Waals surface area contributed by atoms with Crippen molar-refractivity contribution in [3.63, 3.8) is 0 Å². The zero-order chi connectivity index (χ0) is 12.9. The summed E-state index contributed by atoms with van der Waals surface area (Å²) < 4.78 is 0. The van der Waals surface area contributed by atoms with Gasteiger partial charge in [0.1, 0.15) is 7.85 Å². The third-order valence-corrected chi connectivity index (χ3v) is 4.46. The van der Waals surface area contributed by atoms with E-state index in [1.807, 2.05) is 0 Å². The van der Waals surface area contributed by atoms with Crippen LogP contribution in [0, 0.1) is 0 Å². The van der Waals surface area contributed by atoms with Gasteiger partial charge >= 0.3 is 0 Å². The first-order valence-electron chi connectivity index (χ1n) is 7.37. The highest BCUT2D eigenvalue weighted by molar-refractivity contribution is 6.17. The monoisotopic (exact) mass is 236 g/mol. The molecule has 1 aliphatic carbocycles. The van der Waals surface area contributed by atoms with E-state index in [2.05, 4.69) is 28.6 Å². The van der Waals surface area contributed by atoms with Gasteiger partial charge in [0.05, 0.1) is 6.10 Å². The molecule has 0 aliphatic heterocycles. The number of aliphatic hydroxyl groups excluding tert-OH is 1. The molecule has 0 aromatic carbocycles. The molecule has 0 spiro atoms. The molecule has 1 aliphatic rings. The predicted octanol–water partition coefficient (Wildman–Crippen LogP) is 3.63. The Morgan fingerprint density at radius 1 is 1.29 bits per heavy atom. The maximum absolute atomic E-state index is 10.3. The molecule has 0 aromatic heterocycles. The van der Waals surface area contributed by atoms with Gasteiger partial charge in [-0.3, -0.25) is 0 Å². The Labute approximate surface area is 108 Å². The Bertz CT molecular complexity index is 268. The number of aliphatic hydroxyl groups is 1. The Balaban J connectivity index is 2.94. The molecule has 17 heavy (non-hydrogen) atoms. The molecule has 0 fully saturated rings. The van der Waals surface area contributed by atoms with Crippen LogP contribution in [0.3, 0.4) is 0 Å². The van der Waals surface area contributed by atoms with Gasteiger partial charge in [0.25, 0.3) is 0 Å². The topological polar surface area (TPSA) is 20.2 Å². The summed E-state index contributed by atoms with van der Waals surface area (Å²) in [4.78, 5) is 0. The van der Waals surface area contributed by atoms with Crippen LogP contribution in [0.4, 0.5) is 0 Å². The largest absolute Gasteiger partial charge is 0.389 e. The van der Waals surface area contributed by atoms with Crippen molar-refractivity contribution in [2.75, 3.05) is 0 Å². The van der Waals surface area contributed by atoms with Crippen LogP contribution >= 0.6 is 0 Å². The molecule has 1 nitrogen and oxygen atoms in total. The van der Waals surface area contributed by atoms with Crippen molar-refractivity contribution in [2.45, 2.75) is 83.6 Å². The van der Waals surface area contributed by atoms with Gasteiger partial charge in [-0.25, -0.2) is 0 Å². The van der Waals surface area contributed by atoms with E-state index in [1.54, 1.807) is 0 Å². The average Bonchev–Trinajstić information content (AvgIpc) is 2.32. The third-order valence-electron chi connectivity index (χ3n) is 4.46. The molecule has 98 valence electrons. The Kier molecular flexibility index (Phi) is 5.78. The summed E-state index contributed by atoms with van der Waals surface area (Å²) in [5.74, 6) is 0. The number of allylic oxidation sites excluding steroid dienone is 1. The van der Waals surface area contributed by atoms with Crippen LogP contribution in [0.15, 0.2) is 11.1 Å². The standard InChI is InChI=1S/C15H29BO/c1-4-9-14(17)13-10-7-5-6-8-11-15(3,16)12(13)2/h14,17H,4-11,16H2,1-3H3/b13-12+. The van der Waals surface area contributed by atoms with E-state index in [9.17, 15) is 5.11 Å². The lowest BCUT2D eigenvalue weighted by molar-refractivity contribution is 0.192. The van der Waals surface area contributed by atoms with Gasteiger partial charge in [0.2, 0.25) is 0 Å². The van der Waals surface area contributed by atoms with E-state index in [0.717, 1.165) is 19.3 Å². The van der Waals surface area contributed by atoms with Gasteiger partial charge in [-0.1, -0.05) is 51.5 Å². The molecule has 1 N–H and O–H groups in total. The molecule has 0 amide bonds. The smallest absolute Gasteiger partial charge is 0.114 e. The van der Waals surface area contributed by atoms with Gasteiger partial charge in [0, 0.05) is 0 Å². The number of hydrogen-bond donors (Lipinski definition) is 1. The number of hydrogen-bond acceptors (Lipinski definition) is 1. The minimum absolute atomic E-state index is 0.197. The first-order chi connectivity index (χ1) is 7.99. The van der Waals surface area contributed by atoms with Crippen LogP contribution in [-0.2, 0) is 0 Å². The summed E-state index contributed by atoms with van der Waals surface area (Å²) in [6.07, 6.45) is 9.43. The van der Waals surface area contributed by atoms with Gasteiger partial charge in [-0.2, -0.15) is 0 Å². The van der Waals surface area contributed by atoms with E-state index in [1.165, 1.54) is 43.3 Å². The lowest BCUT2D eigenvalue weighted by atomic mass is 9.61. The molecule has 1 rings (SSSR count). The van der Waals surface area contributed by atoms with Crippen LogP contribution < -0.4 is 0 Å². The van der Waals surface area contributed by atoms with E-state index < -0.39 is 0 Å². The fourth-order valence-electron chi connectivity index (χ4n) is 2.91. The van der Waals surface area contributed by atoms with Crippen molar-refractivity contribution in [2.24, 2.45) is 0 Å². The van der Waals surface area contributed by atoms with Gasteiger partial charge in [-0.15, -0.1) is 0 Å². The molecule has 2 atom stereocenters. The van der Waals surface area contributed by atoms with Crippen molar-refractivity contribution in [1.29, 1.82) is 0 Å². The third kappa shape index (κ3) is 4.17. The lowest BCUT2D eigenvalue weighted by Gasteiger charge is -2.30. The van der Waals surface area contributed by atoms with Gasteiger partial charge < -0.3 is 5.11 Å². The van der Waals surface area contributed by atoms with Crippen LogP contribution in [-0.4, -0.2) is 19.1 Å². The second-order valence-corrected chi connectivity index (χ2v) is 6.25. The molecule has 0 bridgehead atoms. The summed E-state index contributed by atoms with van der Waals surface area (Å²) in [7, 11) is 2.34. The SMILES string of the molecule is BC1(C)CCCCCC/C(C(O)CCC)=C\1C. The molecule has 0 aromatic rings. The van der Waals surface area contributed by atoms with Crippen molar-refractivity contribution in [3.05, 3.63) is 11.1 Å². The molecule has 0 radical (unpaired) electrons. The number of rotatable bonds is 3. The van der Waals surface area contributed by atoms with E-state index in [0.29, 0.717) is 0 Å². The van der Waals surface area contributed by atoms with Gasteiger partial charge in [-0.05, 0) is 37.1 Å². The van der Waals surface area contributed by atoms with E-state index >= 15 is 0 Å². The Morgan fingerprint density at radius 2 is 1.94 bits per heavy atom. The van der Waals surface area contributed by atoms with E-state index in [-0.39, 0.29) is 11.4 Å². The summed E-state index contributed by atoms with van der Waals surface area (Å²) in [5.41, 5.74) is 2.80. The normalized spacial score (nSPS) is 33.6. The van der Waals surface area contributed by atoms with Crippen molar-refractivity contribution in [1.82, 2.24) is 0 Å². The first kappa shape index (κ1) is 14.8. The quantitative estimate of drug-likeness (QED) is 0.586. The average molecular weight is 236 g/mol. The fourth-order valence-corrected chi connectivity index (χ4v) is 2.91. The lowest BCUT2D eigenvalue weighted by Crippen LogP contribution is -2.18. The minimum Gasteiger partial charge on any atom is -0.389 e. The predicted molar refractivity (Wildman–Crippen MR) is 78.2 cm³/mol. The van der Waals surface area contributed by atoms with Crippen LogP contribution in [0.2, 0.25) is 5.31 Å². The Morgan fingerprint density at radius 3 is 2.59 bits per heavy atom. The zero-order valence-electron chi connectivity index (χ0n) is 12.2. The van der Waals surface area contributed by atoms with E-state index in [4.69, 9.17) is 0 Å².